The second-order valence-corrected chi connectivity index (χ2v) is 15.8. The molecule has 0 unspecified atom stereocenters. The number of halogens is 2. The van der Waals surface area contributed by atoms with Gasteiger partial charge in [0.2, 0.25) is 16.0 Å². The monoisotopic (exact) mass is 681 g/mol. The second-order valence-electron chi connectivity index (χ2n) is 12.9. The van der Waals surface area contributed by atoms with Crippen molar-refractivity contribution in [2.24, 2.45) is 0 Å². The van der Waals surface area contributed by atoms with E-state index in [-0.39, 0.29) is 5.25 Å². The third-order valence-corrected chi connectivity index (χ3v) is 12.7. The SMILES string of the molecule is CN1CCN(C2CCN(c3ccc(Nc4ncc(Cl)c(-c5cn(S(=O)(=O)C6CCCCC6)c6ccccc56)n4)cc3Cl)CC2)CC1. The van der Waals surface area contributed by atoms with Gasteiger partial charge in [-0.3, -0.25) is 4.90 Å². The van der Waals surface area contributed by atoms with Crippen LogP contribution in [0.1, 0.15) is 44.9 Å². The third-order valence-electron chi connectivity index (χ3n) is 9.99. The van der Waals surface area contributed by atoms with Crippen LogP contribution in [-0.2, 0) is 10.0 Å². The van der Waals surface area contributed by atoms with Crippen LogP contribution < -0.4 is 10.2 Å². The summed E-state index contributed by atoms with van der Waals surface area (Å²) in [5.74, 6) is 0.350. The van der Waals surface area contributed by atoms with Crippen LogP contribution in [-0.4, -0.2) is 89.8 Å². The molecule has 46 heavy (non-hydrogen) atoms. The van der Waals surface area contributed by atoms with Gasteiger partial charge < -0.3 is 15.1 Å². The van der Waals surface area contributed by atoms with Gasteiger partial charge in [-0.2, -0.15) is 0 Å². The fourth-order valence-electron chi connectivity index (χ4n) is 7.32. The lowest BCUT2D eigenvalue weighted by Gasteiger charge is -2.42. The molecule has 2 aromatic carbocycles. The Kier molecular flexibility index (Phi) is 9.17. The van der Waals surface area contributed by atoms with Crippen LogP contribution in [0.2, 0.25) is 10.0 Å². The maximum absolute atomic E-state index is 13.8. The normalized spacial score (nSPS) is 19.6. The molecular formula is C34H41Cl2N7O2S. The van der Waals surface area contributed by atoms with Crippen molar-refractivity contribution in [2.75, 3.05) is 56.5 Å². The number of rotatable bonds is 7. The number of para-hydroxylation sites is 1. The van der Waals surface area contributed by atoms with E-state index in [4.69, 9.17) is 28.2 Å². The van der Waals surface area contributed by atoms with Crippen molar-refractivity contribution in [1.29, 1.82) is 0 Å². The number of benzene rings is 2. The third kappa shape index (κ3) is 6.34. The smallest absolute Gasteiger partial charge is 0.241 e. The van der Waals surface area contributed by atoms with Crippen molar-refractivity contribution in [3.63, 3.8) is 0 Å². The molecule has 1 saturated carbocycles. The Labute approximate surface area is 281 Å². The Bertz CT molecular complexity index is 1810. The summed E-state index contributed by atoms with van der Waals surface area (Å²) in [5, 5.41) is 4.69. The van der Waals surface area contributed by atoms with Crippen molar-refractivity contribution >= 4 is 61.5 Å². The summed E-state index contributed by atoms with van der Waals surface area (Å²) >= 11 is 13.5. The average Bonchev–Trinajstić information content (AvgIpc) is 3.47. The van der Waals surface area contributed by atoms with E-state index in [9.17, 15) is 8.42 Å². The minimum Gasteiger partial charge on any atom is -0.370 e. The van der Waals surface area contributed by atoms with E-state index in [1.165, 1.54) is 3.97 Å². The molecule has 3 fully saturated rings. The first kappa shape index (κ1) is 31.7. The Hall–Kier alpha value is -2.89. The number of hydrogen-bond donors (Lipinski definition) is 1. The highest BCUT2D eigenvalue weighted by Gasteiger charge is 2.31. The molecule has 2 aromatic heterocycles. The Morgan fingerprint density at radius 1 is 0.870 bits per heavy atom. The highest BCUT2D eigenvalue weighted by atomic mass is 35.5. The molecule has 4 aromatic rings. The van der Waals surface area contributed by atoms with E-state index in [0.29, 0.717) is 51.7 Å². The number of nitrogens with one attached hydrogen (secondary N) is 1. The molecule has 0 bridgehead atoms. The number of hydrogen-bond acceptors (Lipinski definition) is 8. The fourth-order valence-corrected chi connectivity index (χ4v) is 9.75. The molecular weight excluding hydrogens is 641 g/mol. The van der Waals surface area contributed by atoms with E-state index in [1.54, 1.807) is 12.4 Å². The van der Waals surface area contributed by atoms with Gasteiger partial charge in [-0.15, -0.1) is 0 Å². The summed E-state index contributed by atoms with van der Waals surface area (Å²) in [6.07, 6.45) is 9.82. The Balaban J connectivity index is 1.10. The zero-order chi connectivity index (χ0) is 31.8. The molecule has 1 aliphatic carbocycles. The maximum atomic E-state index is 13.8. The quantitative estimate of drug-likeness (QED) is 0.226. The van der Waals surface area contributed by atoms with Gasteiger partial charge in [0, 0.05) is 68.1 Å². The topological polar surface area (TPSA) is 86.6 Å². The summed E-state index contributed by atoms with van der Waals surface area (Å²) in [6, 6.07) is 14.1. The highest BCUT2D eigenvalue weighted by molar-refractivity contribution is 7.90. The molecule has 2 saturated heterocycles. The van der Waals surface area contributed by atoms with E-state index in [2.05, 4.69) is 38.1 Å². The number of likely N-dealkylation sites (N-methyl/N-ethyl adjacent to an activating group) is 1. The van der Waals surface area contributed by atoms with Crippen LogP contribution >= 0.6 is 23.2 Å². The molecule has 3 aliphatic rings. The minimum atomic E-state index is -3.58. The number of piperazine rings is 1. The molecule has 9 nitrogen and oxygen atoms in total. The second kappa shape index (κ2) is 13.3. The standard InChI is InChI=1S/C34H41Cl2N7O2S/c1-40-17-19-41(20-18-40)25-13-15-42(16-14-25)32-12-11-24(21-29(32)35)38-34-37-22-30(36)33(39-34)28-23-43(31-10-6-5-9-27(28)31)46(44,45)26-7-3-2-4-8-26/h5-6,9-12,21-23,25-26H,2-4,7-8,13-20H2,1H3,(H,37,38,39). The van der Waals surface area contributed by atoms with E-state index >= 15 is 0 Å². The minimum absolute atomic E-state index is 0.344. The molecule has 7 rings (SSSR count). The molecule has 244 valence electrons. The van der Waals surface area contributed by atoms with Crippen molar-refractivity contribution in [3.05, 3.63) is 64.9 Å². The van der Waals surface area contributed by atoms with Crippen molar-refractivity contribution in [2.45, 2.75) is 56.2 Å². The molecule has 4 heterocycles. The first-order valence-corrected chi connectivity index (χ1v) is 18.7. The maximum Gasteiger partial charge on any atom is 0.241 e. The van der Waals surface area contributed by atoms with Gasteiger partial charge in [0.05, 0.1) is 38.4 Å². The summed E-state index contributed by atoms with van der Waals surface area (Å²) < 4.78 is 29.0. The molecule has 0 atom stereocenters. The number of nitrogens with zero attached hydrogens (tertiary/aromatic N) is 6. The Morgan fingerprint density at radius 2 is 1.61 bits per heavy atom. The molecule has 0 amide bonds. The number of piperidine rings is 1. The van der Waals surface area contributed by atoms with Crippen LogP contribution in [0.4, 0.5) is 17.3 Å². The van der Waals surface area contributed by atoms with Crippen molar-refractivity contribution in [3.8, 4) is 11.3 Å². The molecule has 1 N–H and O–H groups in total. The summed E-state index contributed by atoms with van der Waals surface area (Å²) in [7, 11) is -1.39. The van der Waals surface area contributed by atoms with Gasteiger partial charge in [0.25, 0.3) is 0 Å². The lowest BCUT2D eigenvalue weighted by atomic mass is 10.0. The lowest BCUT2D eigenvalue weighted by molar-refractivity contribution is 0.0982. The van der Waals surface area contributed by atoms with Gasteiger partial charge in [0.1, 0.15) is 0 Å². The summed E-state index contributed by atoms with van der Waals surface area (Å²) in [6.45, 7) is 6.56. The fraction of sp³-hybridized carbons (Fsp3) is 0.471. The largest absolute Gasteiger partial charge is 0.370 e. The van der Waals surface area contributed by atoms with Gasteiger partial charge in [-0.25, -0.2) is 22.4 Å². The number of fused-ring (bicyclic) bond motifs is 1. The molecule has 0 spiro atoms. The van der Waals surface area contributed by atoms with Crippen LogP contribution in [0.3, 0.4) is 0 Å². The van der Waals surface area contributed by atoms with E-state index in [0.717, 1.165) is 88.1 Å². The summed E-state index contributed by atoms with van der Waals surface area (Å²) in [5.41, 5.74) is 3.55. The van der Waals surface area contributed by atoms with Crippen molar-refractivity contribution in [1.82, 2.24) is 23.7 Å². The Morgan fingerprint density at radius 3 is 2.35 bits per heavy atom. The first-order valence-electron chi connectivity index (χ1n) is 16.4. The van der Waals surface area contributed by atoms with Gasteiger partial charge in [-0.05, 0) is 57.0 Å². The van der Waals surface area contributed by atoms with Gasteiger partial charge in [-0.1, -0.05) is 60.7 Å². The predicted octanol–water partition coefficient (Wildman–Crippen LogP) is 6.88. The number of aromatic nitrogens is 3. The zero-order valence-corrected chi connectivity index (χ0v) is 28.5. The molecule has 12 heteroatoms. The predicted molar refractivity (Wildman–Crippen MR) is 188 cm³/mol. The lowest BCUT2D eigenvalue weighted by Crippen LogP contribution is -2.52. The van der Waals surface area contributed by atoms with Crippen LogP contribution in [0.25, 0.3) is 22.2 Å². The average molecular weight is 683 g/mol. The summed E-state index contributed by atoms with van der Waals surface area (Å²) in [4.78, 5) is 16.6. The number of anilines is 3. The van der Waals surface area contributed by atoms with Crippen LogP contribution in [0.15, 0.2) is 54.9 Å². The van der Waals surface area contributed by atoms with Crippen molar-refractivity contribution < 1.29 is 8.42 Å². The first-order chi connectivity index (χ1) is 22.3. The highest BCUT2D eigenvalue weighted by Crippen LogP contribution is 2.38. The van der Waals surface area contributed by atoms with Gasteiger partial charge in [0.15, 0.2) is 0 Å². The van der Waals surface area contributed by atoms with E-state index in [1.807, 2.05) is 36.4 Å². The molecule has 0 radical (unpaired) electrons. The molecule has 2 aliphatic heterocycles. The van der Waals surface area contributed by atoms with E-state index < -0.39 is 10.0 Å². The van der Waals surface area contributed by atoms with Gasteiger partial charge >= 0.3 is 0 Å². The zero-order valence-electron chi connectivity index (χ0n) is 26.2. The van der Waals surface area contributed by atoms with Crippen LogP contribution in [0.5, 0.6) is 0 Å². The van der Waals surface area contributed by atoms with Crippen LogP contribution in [0, 0.1) is 0 Å².